The number of furan rings is 1. The van der Waals surface area contributed by atoms with Crippen molar-refractivity contribution < 1.29 is 4.42 Å². The zero-order valence-corrected chi connectivity index (χ0v) is 11.1. The van der Waals surface area contributed by atoms with Gasteiger partial charge in [-0.15, -0.1) is 0 Å². The Bertz CT molecular complexity index is 521. The second-order valence-corrected chi connectivity index (χ2v) is 4.50. The van der Waals surface area contributed by atoms with Crippen molar-refractivity contribution in [2.24, 2.45) is 0 Å². The molecule has 0 saturated carbocycles. The third-order valence-electron chi connectivity index (χ3n) is 2.49. The van der Waals surface area contributed by atoms with Crippen molar-refractivity contribution in [1.82, 2.24) is 9.97 Å². The van der Waals surface area contributed by atoms with Gasteiger partial charge in [-0.3, -0.25) is 4.90 Å². The first-order valence-electron chi connectivity index (χ1n) is 5.95. The van der Waals surface area contributed by atoms with Crippen LogP contribution in [0.1, 0.15) is 19.6 Å². The van der Waals surface area contributed by atoms with Gasteiger partial charge in [0, 0.05) is 25.2 Å². The standard InChI is InChI=1S/C13H18N4O/c1-9(2)16-11-7-12(15-8-14-11)17(4)13-6-5-10(3)18-13/h5-9H,1-4H3,(H,14,15,16). The Labute approximate surface area is 107 Å². The normalized spacial score (nSPS) is 10.7. The monoisotopic (exact) mass is 246 g/mol. The third-order valence-corrected chi connectivity index (χ3v) is 2.49. The maximum atomic E-state index is 5.57. The van der Waals surface area contributed by atoms with Crippen LogP contribution in [0.3, 0.4) is 0 Å². The van der Waals surface area contributed by atoms with E-state index in [1.165, 1.54) is 0 Å². The first-order valence-corrected chi connectivity index (χ1v) is 5.95. The smallest absolute Gasteiger partial charge is 0.200 e. The minimum atomic E-state index is 0.337. The number of hydrogen-bond acceptors (Lipinski definition) is 5. The molecule has 2 heterocycles. The van der Waals surface area contributed by atoms with Gasteiger partial charge in [-0.05, 0) is 26.8 Å². The first kappa shape index (κ1) is 12.4. The lowest BCUT2D eigenvalue weighted by atomic mass is 10.4. The average Bonchev–Trinajstić information content (AvgIpc) is 2.74. The Morgan fingerprint density at radius 3 is 2.67 bits per heavy atom. The van der Waals surface area contributed by atoms with Crippen LogP contribution in [0, 0.1) is 6.92 Å². The quantitative estimate of drug-likeness (QED) is 0.898. The van der Waals surface area contributed by atoms with Gasteiger partial charge >= 0.3 is 0 Å². The summed E-state index contributed by atoms with van der Waals surface area (Å²) >= 11 is 0. The fraction of sp³-hybridized carbons (Fsp3) is 0.385. The predicted octanol–water partition coefficient (Wildman–Crippen LogP) is 2.97. The SMILES string of the molecule is Cc1ccc(N(C)c2cc(NC(C)C)ncn2)o1. The van der Waals surface area contributed by atoms with Gasteiger partial charge in [-0.25, -0.2) is 9.97 Å². The van der Waals surface area contributed by atoms with Gasteiger partial charge in [0.05, 0.1) is 0 Å². The van der Waals surface area contributed by atoms with Crippen molar-refractivity contribution in [3.63, 3.8) is 0 Å². The summed E-state index contributed by atoms with van der Waals surface area (Å²) in [6, 6.07) is 6.09. The highest BCUT2D eigenvalue weighted by atomic mass is 16.4. The molecule has 0 unspecified atom stereocenters. The molecule has 0 fully saturated rings. The molecule has 5 heteroatoms. The van der Waals surface area contributed by atoms with Gasteiger partial charge in [0.15, 0.2) is 0 Å². The molecule has 0 aliphatic rings. The number of nitrogens with zero attached hydrogens (tertiary/aromatic N) is 3. The van der Waals surface area contributed by atoms with E-state index in [0.717, 1.165) is 23.3 Å². The van der Waals surface area contributed by atoms with E-state index >= 15 is 0 Å². The van der Waals surface area contributed by atoms with Crippen LogP contribution in [0.15, 0.2) is 28.9 Å². The highest BCUT2D eigenvalue weighted by molar-refractivity contribution is 5.57. The predicted molar refractivity (Wildman–Crippen MR) is 72.3 cm³/mol. The summed E-state index contributed by atoms with van der Waals surface area (Å²) in [5.74, 6) is 3.25. The maximum Gasteiger partial charge on any atom is 0.200 e. The maximum absolute atomic E-state index is 5.57. The lowest BCUT2D eigenvalue weighted by molar-refractivity contribution is 0.537. The molecule has 1 N–H and O–H groups in total. The summed E-state index contributed by atoms with van der Waals surface area (Å²) in [6.07, 6.45) is 1.55. The molecule has 2 rings (SSSR count). The lowest BCUT2D eigenvalue weighted by Gasteiger charge is -2.16. The van der Waals surface area contributed by atoms with Crippen molar-refractivity contribution in [3.05, 3.63) is 30.3 Å². The molecule has 18 heavy (non-hydrogen) atoms. The number of aromatic nitrogens is 2. The summed E-state index contributed by atoms with van der Waals surface area (Å²) in [5.41, 5.74) is 0. The van der Waals surface area contributed by atoms with Gasteiger partial charge in [0.25, 0.3) is 0 Å². The van der Waals surface area contributed by atoms with E-state index in [2.05, 4.69) is 29.1 Å². The molecule has 2 aromatic rings. The molecule has 0 atom stereocenters. The van der Waals surface area contributed by atoms with Crippen LogP contribution in [0.2, 0.25) is 0 Å². The zero-order chi connectivity index (χ0) is 13.1. The molecule has 2 aromatic heterocycles. The number of rotatable bonds is 4. The Morgan fingerprint density at radius 2 is 2.06 bits per heavy atom. The Morgan fingerprint density at radius 1 is 1.28 bits per heavy atom. The molecular weight excluding hydrogens is 228 g/mol. The van der Waals surface area contributed by atoms with Gasteiger partial charge in [0.1, 0.15) is 23.7 Å². The Hall–Kier alpha value is -2.04. The van der Waals surface area contributed by atoms with Crippen LogP contribution in [0.5, 0.6) is 0 Å². The zero-order valence-electron chi connectivity index (χ0n) is 11.1. The molecule has 5 nitrogen and oxygen atoms in total. The minimum absolute atomic E-state index is 0.337. The van der Waals surface area contributed by atoms with Crippen molar-refractivity contribution in [2.75, 3.05) is 17.3 Å². The number of nitrogens with one attached hydrogen (secondary N) is 1. The summed E-state index contributed by atoms with van der Waals surface area (Å²) < 4.78 is 5.57. The van der Waals surface area contributed by atoms with Gasteiger partial charge in [-0.2, -0.15) is 0 Å². The van der Waals surface area contributed by atoms with E-state index in [1.807, 2.05) is 37.1 Å². The van der Waals surface area contributed by atoms with Crippen LogP contribution < -0.4 is 10.2 Å². The lowest BCUT2D eigenvalue weighted by Crippen LogP contribution is -2.14. The van der Waals surface area contributed by atoms with Crippen LogP contribution in [-0.2, 0) is 0 Å². The fourth-order valence-electron chi connectivity index (χ4n) is 1.62. The molecule has 0 bridgehead atoms. The molecule has 96 valence electrons. The van der Waals surface area contributed by atoms with E-state index in [9.17, 15) is 0 Å². The average molecular weight is 246 g/mol. The van der Waals surface area contributed by atoms with E-state index in [1.54, 1.807) is 6.33 Å². The molecular formula is C13H18N4O. The van der Waals surface area contributed by atoms with Crippen molar-refractivity contribution >= 4 is 17.5 Å². The van der Waals surface area contributed by atoms with Crippen molar-refractivity contribution in [1.29, 1.82) is 0 Å². The van der Waals surface area contributed by atoms with E-state index in [-0.39, 0.29) is 0 Å². The van der Waals surface area contributed by atoms with E-state index < -0.39 is 0 Å². The fourth-order valence-corrected chi connectivity index (χ4v) is 1.62. The topological polar surface area (TPSA) is 54.2 Å². The second-order valence-electron chi connectivity index (χ2n) is 4.50. The Kier molecular flexibility index (Phi) is 3.50. The van der Waals surface area contributed by atoms with Crippen LogP contribution >= 0.6 is 0 Å². The van der Waals surface area contributed by atoms with Gasteiger partial charge in [0.2, 0.25) is 5.88 Å². The molecule has 0 aliphatic heterocycles. The van der Waals surface area contributed by atoms with Crippen LogP contribution in [0.25, 0.3) is 0 Å². The number of anilines is 3. The van der Waals surface area contributed by atoms with Gasteiger partial charge < -0.3 is 9.73 Å². The molecule has 0 aromatic carbocycles. The molecule has 0 saturated heterocycles. The van der Waals surface area contributed by atoms with Crippen LogP contribution in [0.4, 0.5) is 17.5 Å². The summed E-state index contributed by atoms with van der Waals surface area (Å²) in [6.45, 7) is 6.06. The highest BCUT2D eigenvalue weighted by Gasteiger charge is 2.10. The Balaban J connectivity index is 2.22. The minimum Gasteiger partial charge on any atom is -0.445 e. The highest BCUT2D eigenvalue weighted by Crippen LogP contribution is 2.24. The third kappa shape index (κ3) is 2.80. The van der Waals surface area contributed by atoms with E-state index in [4.69, 9.17) is 4.42 Å². The van der Waals surface area contributed by atoms with Crippen molar-refractivity contribution in [2.45, 2.75) is 26.8 Å². The molecule has 0 amide bonds. The number of aryl methyl sites for hydroxylation is 1. The van der Waals surface area contributed by atoms with Crippen LogP contribution in [-0.4, -0.2) is 23.1 Å². The molecule has 0 radical (unpaired) electrons. The first-order chi connectivity index (χ1) is 8.56. The summed E-state index contributed by atoms with van der Waals surface area (Å²) in [5, 5.41) is 3.25. The largest absolute Gasteiger partial charge is 0.445 e. The number of hydrogen-bond donors (Lipinski definition) is 1. The molecule has 0 aliphatic carbocycles. The molecule has 0 spiro atoms. The second kappa shape index (κ2) is 5.08. The summed E-state index contributed by atoms with van der Waals surface area (Å²) in [4.78, 5) is 10.3. The summed E-state index contributed by atoms with van der Waals surface area (Å²) in [7, 11) is 1.92. The van der Waals surface area contributed by atoms with E-state index in [0.29, 0.717) is 6.04 Å². The van der Waals surface area contributed by atoms with Crippen molar-refractivity contribution in [3.8, 4) is 0 Å². The van der Waals surface area contributed by atoms with Gasteiger partial charge in [-0.1, -0.05) is 0 Å².